The Bertz CT molecular complexity index is 1840. The summed E-state index contributed by atoms with van der Waals surface area (Å²) < 4.78 is 0. The van der Waals surface area contributed by atoms with Crippen LogP contribution in [0, 0.1) is 40.5 Å². The molecule has 0 radical (unpaired) electrons. The molecule has 0 spiro atoms. The van der Waals surface area contributed by atoms with Crippen molar-refractivity contribution in [1.82, 2.24) is 0 Å². The minimum Gasteiger partial charge on any atom is -0.748 e. The molecule has 0 heterocycles. The fraction of sp³-hybridized carbons (Fsp3) is 0. The standard InChI is InChI=1S/C29H19N4O8P2.C5H5.Fe/c34-30(35)20-10-1-5-14-24(20)42(25-15-6-2-11-21(25)31(36)37)28-18-9-19-29(28)43(26-16-7-3-12-22(26)32(38)39)27-17-8-4-13-23(27)33(40)41;1-2-4-5-3-1;/h1-19H;1-5H;/q-1;-5;. The van der Waals surface area contributed by atoms with Gasteiger partial charge in [-0.25, -0.2) is 12.1 Å². The number of benzene rings is 4. The number of nitro groups is 4. The van der Waals surface area contributed by atoms with Gasteiger partial charge in [0.25, 0.3) is 22.7 Å². The monoisotopic (exact) mass is 734 g/mol. The molecule has 0 fully saturated rings. The van der Waals surface area contributed by atoms with Gasteiger partial charge in [0.05, 0.1) is 40.9 Å². The summed E-state index contributed by atoms with van der Waals surface area (Å²) in [5.74, 6) is 0. The van der Waals surface area contributed by atoms with E-state index in [1.807, 2.05) is 30.3 Å². The van der Waals surface area contributed by atoms with Crippen LogP contribution in [0.25, 0.3) is 0 Å². The van der Waals surface area contributed by atoms with Crippen LogP contribution >= 0.6 is 15.8 Å². The molecule has 0 unspecified atom stereocenters. The van der Waals surface area contributed by atoms with Gasteiger partial charge in [0.2, 0.25) is 0 Å². The van der Waals surface area contributed by atoms with Gasteiger partial charge in [-0.3, -0.25) is 40.5 Å². The Morgan fingerprint density at radius 2 is 0.755 bits per heavy atom. The van der Waals surface area contributed by atoms with Crippen LogP contribution in [0.1, 0.15) is 0 Å². The number of nitrogens with zero attached hydrogens (tertiary/aromatic N) is 4. The third-order valence-electron chi connectivity index (χ3n) is 7.09. The van der Waals surface area contributed by atoms with E-state index in [1.165, 1.54) is 72.8 Å². The summed E-state index contributed by atoms with van der Waals surface area (Å²) in [5, 5.41) is 50.6. The smallest absolute Gasteiger partial charge is 0.277 e. The first kappa shape index (κ1) is 36.4. The summed E-state index contributed by atoms with van der Waals surface area (Å²) in [6, 6.07) is 38.8. The van der Waals surface area contributed by atoms with Gasteiger partial charge in [-0.1, -0.05) is 56.5 Å². The second-order valence-electron chi connectivity index (χ2n) is 9.91. The molecule has 0 saturated heterocycles. The van der Waals surface area contributed by atoms with Gasteiger partial charge in [0.15, 0.2) is 0 Å². The van der Waals surface area contributed by atoms with Crippen LogP contribution < -0.4 is 31.8 Å². The molecule has 0 atom stereocenters. The van der Waals surface area contributed by atoms with Gasteiger partial charge >= 0.3 is 0 Å². The van der Waals surface area contributed by atoms with Gasteiger partial charge in [-0.2, -0.15) is 6.07 Å². The van der Waals surface area contributed by atoms with E-state index in [0.29, 0.717) is 10.6 Å². The van der Waals surface area contributed by atoms with Gasteiger partial charge in [0.1, 0.15) is 0 Å². The average molecular weight is 734 g/mol. The molecule has 0 aliphatic heterocycles. The van der Waals surface area contributed by atoms with Crippen molar-refractivity contribution in [3.63, 3.8) is 0 Å². The summed E-state index contributed by atoms with van der Waals surface area (Å²) in [4.78, 5) is 46.5. The maximum Gasteiger partial charge on any atom is 0.277 e. The fourth-order valence-electron chi connectivity index (χ4n) is 5.11. The van der Waals surface area contributed by atoms with Gasteiger partial charge in [-0.15, -0.1) is 10.6 Å². The van der Waals surface area contributed by atoms with E-state index >= 15 is 0 Å². The van der Waals surface area contributed by atoms with Crippen LogP contribution in [0.2, 0.25) is 0 Å². The topological polar surface area (TPSA) is 173 Å². The quantitative estimate of drug-likeness (QED) is 0.0546. The maximum atomic E-state index is 12.2. The first-order valence-corrected chi connectivity index (χ1v) is 16.9. The van der Waals surface area contributed by atoms with Crippen LogP contribution in [-0.4, -0.2) is 19.7 Å². The number of rotatable bonds is 10. The summed E-state index contributed by atoms with van der Waals surface area (Å²) in [7, 11) is -4.01. The number of hydrogen-bond donors (Lipinski definition) is 0. The molecule has 0 amide bonds. The molecule has 12 nitrogen and oxygen atoms in total. The third kappa shape index (κ3) is 8.00. The van der Waals surface area contributed by atoms with Crippen molar-refractivity contribution in [3.8, 4) is 0 Å². The molecular formula is C34H24FeN4O8P2-6. The molecule has 6 aromatic rings. The van der Waals surface area contributed by atoms with Crippen molar-refractivity contribution in [3.05, 3.63) is 186 Å². The Morgan fingerprint density at radius 1 is 0.449 bits per heavy atom. The second-order valence-corrected chi connectivity index (χ2v) is 14.1. The average Bonchev–Trinajstić information content (AvgIpc) is 3.83. The summed E-state index contributed by atoms with van der Waals surface area (Å²) in [5.41, 5.74) is -1.00. The molecule has 0 bridgehead atoms. The Balaban J connectivity index is 0.000000826. The van der Waals surface area contributed by atoms with Gasteiger partial charge in [0, 0.05) is 41.3 Å². The third-order valence-corrected chi connectivity index (χ3v) is 12.4. The molecular weight excluding hydrogens is 710 g/mol. The molecule has 15 heteroatoms. The predicted molar refractivity (Wildman–Crippen MR) is 188 cm³/mol. The molecule has 6 aromatic carbocycles. The number of nitro benzene ring substituents is 4. The number of hydrogen-bond acceptors (Lipinski definition) is 8. The summed E-state index contributed by atoms with van der Waals surface area (Å²) in [6.07, 6.45) is 0. The Hall–Kier alpha value is -5.44. The van der Waals surface area contributed by atoms with Crippen LogP contribution in [0.15, 0.2) is 146 Å². The van der Waals surface area contributed by atoms with E-state index in [2.05, 4.69) is 0 Å². The summed E-state index contributed by atoms with van der Waals surface area (Å²) >= 11 is 0. The van der Waals surface area contributed by atoms with E-state index in [9.17, 15) is 40.5 Å². The van der Waals surface area contributed by atoms with Gasteiger partial charge < -0.3 is 30.3 Å². The molecule has 0 aromatic heterocycles. The van der Waals surface area contributed by atoms with E-state index in [0.717, 1.165) is 0 Å². The van der Waals surface area contributed by atoms with Crippen molar-refractivity contribution >= 4 is 70.4 Å². The normalized spacial score (nSPS) is 10.5. The molecule has 6 rings (SSSR count). The van der Waals surface area contributed by atoms with Crippen molar-refractivity contribution < 1.29 is 36.8 Å². The first-order chi connectivity index (χ1) is 23.2. The van der Waals surface area contributed by atoms with E-state index < -0.39 is 35.5 Å². The van der Waals surface area contributed by atoms with Crippen molar-refractivity contribution in [2.45, 2.75) is 0 Å². The SMILES string of the molecule is O=[N+]([O-])c1ccccc1P(c1ccccc1[N+](=O)[O-])c1ccc[c-]1P(c1ccccc1[N+](=O)[O-])c1ccccc1[N+](=O)[O-].[Fe].[cH-]1[cH-][cH-][cH-][cH-]1. The predicted octanol–water partition coefficient (Wildman–Crippen LogP) is 5.96. The molecule has 252 valence electrons. The largest absolute Gasteiger partial charge is 0.748 e. The minimum absolute atomic E-state index is 0. The molecule has 0 saturated carbocycles. The Kier molecular flexibility index (Phi) is 12.3. The van der Waals surface area contributed by atoms with E-state index in [-0.39, 0.29) is 61.0 Å². The van der Waals surface area contributed by atoms with Crippen LogP contribution in [-0.2, 0) is 17.1 Å². The maximum absolute atomic E-state index is 12.2. The Morgan fingerprint density at radius 3 is 1.10 bits per heavy atom. The molecule has 0 N–H and O–H groups in total. The van der Waals surface area contributed by atoms with Crippen molar-refractivity contribution in [1.29, 1.82) is 0 Å². The second kappa shape index (κ2) is 16.6. The summed E-state index contributed by atoms with van der Waals surface area (Å²) in [6.45, 7) is 0. The Labute approximate surface area is 292 Å². The van der Waals surface area contributed by atoms with Crippen molar-refractivity contribution in [2.75, 3.05) is 0 Å². The molecule has 0 aliphatic rings. The zero-order valence-electron chi connectivity index (χ0n) is 25.2. The zero-order chi connectivity index (χ0) is 34.2. The molecule has 0 aliphatic carbocycles. The minimum atomic E-state index is -2.01. The fourth-order valence-corrected chi connectivity index (χ4v) is 10.8. The van der Waals surface area contributed by atoms with Gasteiger partial charge in [-0.05, 0) is 32.2 Å². The van der Waals surface area contributed by atoms with Crippen LogP contribution in [0.5, 0.6) is 0 Å². The zero-order valence-corrected chi connectivity index (χ0v) is 28.1. The van der Waals surface area contributed by atoms with E-state index in [1.54, 1.807) is 42.5 Å². The van der Waals surface area contributed by atoms with Crippen LogP contribution in [0.3, 0.4) is 0 Å². The molecule has 49 heavy (non-hydrogen) atoms. The van der Waals surface area contributed by atoms with E-state index in [4.69, 9.17) is 0 Å². The number of para-hydroxylation sites is 4. The van der Waals surface area contributed by atoms with Crippen molar-refractivity contribution in [2.24, 2.45) is 0 Å². The van der Waals surface area contributed by atoms with Crippen LogP contribution in [0.4, 0.5) is 22.7 Å². The first-order valence-electron chi connectivity index (χ1n) is 14.2.